The summed E-state index contributed by atoms with van der Waals surface area (Å²) in [6, 6.07) is 4.01. The van der Waals surface area contributed by atoms with Crippen molar-refractivity contribution in [2.75, 3.05) is 13.4 Å². The highest BCUT2D eigenvalue weighted by Gasteiger charge is 2.53. The molecule has 0 spiro atoms. The highest BCUT2D eigenvalue weighted by Crippen LogP contribution is 2.50. The lowest BCUT2D eigenvalue weighted by molar-refractivity contribution is -0.140. The van der Waals surface area contributed by atoms with E-state index in [4.69, 9.17) is 8.92 Å². The lowest BCUT2D eigenvalue weighted by Crippen LogP contribution is -2.52. The third-order valence-corrected chi connectivity index (χ3v) is 5.77. The van der Waals surface area contributed by atoms with E-state index in [9.17, 15) is 13.2 Å². The van der Waals surface area contributed by atoms with Crippen molar-refractivity contribution in [3.8, 4) is 5.75 Å². The Hall–Kier alpha value is -1.40. The van der Waals surface area contributed by atoms with Gasteiger partial charge in [0.1, 0.15) is 11.5 Å². The Balaban J connectivity index is 2.06. The number of fused-ring (bicyclic) bond motifs is 4. The van der Waals surface area contributed by atoms with Crippen LogP contribution in [0.3, 0.4) is 0 Å². The van der Waals surface area contributed by atoms with Crippen LogP contribution in [0, 0.1) is 12.3 Å². The fourth-order valence-electron chi connectivity index (χ4n) is 4.04. The Bertz CT molecular complexity index is 767. The normalized spacial score (nSPS) is 30.0. The summed E-state index contributed by atoms with van der Waals surface area (Å²) in [5, 5.41) is 0. The Morgan fingerprint density at radius 2 is 1.96 bits per heavy atom. The maximum atomic E-state index is 13.0. The average Bonchev–Trinajstić information content (AvgIpc) is 2.43. The molecule has 3 atom stereocenters. The predicted molar refractivity (Wildman–Crippen MR) is 86.2 cm³/mol. The number of rotatable bonds is 3. The summed E-state index contributed by atoms with van der Waals surface area (Å²) in [5.74, 6) is 0.670. The largest absolute Gasteiger partial charge is 0.496 e. The second kappa shape index (κ2) is 5.31. The van der Waals surface area contributed by atoms with E-state index in [0.717, 1.165) is 28.7 Å². The fraction of sp³-hybridized carbons (Fsp3) is 0.588. The number of methoxy groups -OCH3 is 1. The molecule has 1 saturated carbocycles. The molecule has 0 saturated heterocycles. The van der Waals surface area contributed by atoms with Crippen molar-refractivity contribution in [1.82, 2.24) is 0 Å². The van der Waals surface area contributed by atoms with E-state index in [1.807, 2.05) is 19.9 Å². The van der Waals surface area contributed by atoms with Crippen molar-refractivity contribution in [3.05, 3.63) is 28.8 Å². The SMILES string of the molecule is COc1cc2c(cc1C)C[C@]1(C)C(=O)[C@H]2CC[C@H]1OS(C)(=O)=O. The lowest BCUT2D eigenvalue weighted by Gasteiger charge is -2.46. The van der Waals surface area contributed by atoms with Gasteiger partial charge in [-0.25, -0.2) is 0 Å². The van der Waals surface area contributed by atoms with Crippen molar-refractivity contribution >= 4 is 15.9 Å². The number of carbonyl (C=O) groups excluding carboxylic acids is 1. The van der Waals surface area contributed by atoms with Gasteiger partial charge in [0.05, 0.1) is 24.9 Å². The number of carbonyl (C=O) groups is 1. The maximum Gasteiger partial charge on any atom is 0.264 e. The Morgan fingerprint density at radius 3 is 2.57 bits per heavy atom. The summed E-state index contributed by atoms with van der Waals surface area (Å²) < 4.78 is 33.7. The smallest absolute Gasteiger partial charge is 0.264 e. The molecule has 126 valence electrons. The van der Waals surface area contributed by atoms with Gasteiger partial charge < -0.3 is 4.74 Å². The van der Waals surface area contributed by atoms with Gasteiger partial charge in [-0.15, -0.1) is 0 Å². The minimum absolute atomic E-state index is 0.0795. The zero-order valence-corrected chi connectivity index (χ0v) is 14.7. The van der Waals surface area contributed by atoms with Crippen LogP contribution in [0.4, 0.5) is 0 Å². The fourth-order valence-corrected chi connectivity index (χ4v) is 4.77. The molecule has 2 bridgehead atoms. The number of ether oxygens (including phenoxy) is 1. The molecular formula is C17H22O5S. The zero-order chi connectivity index (χ0) is 17.0. The molecule has 3 rings (SSSR count). The van der Waals surface area contributed by atoms with Gasteiger partial charge in [0.25, 0.3) is 10.1 Å². The van der Waals surface area contributed by atoms with Crippen molar-refractivity contribution in [1.29, 1.82) is 0 Å². The minimum atomic E-state index is -3.59. The molecule has 2 aliphatic rings. The van der Waals surface area contributed by atoms with Crippen LogP contribution in [0.15, 0.2) is 12.1 Å². The molecule has 1 aromatic carbocycles. The molecule has 0 radical (unpaired) electrons. The highest BCUT2D eigenvalue weighted by molar-refractivity contribution is 7.86. The van der Waals surface area contributed by atoms with Crippen LogP contribution in [0.1, 0.15) is 42.4 Å². The average molecular weight is 338 g/mol. The van der Waals surface area contributed by atoms with Crippen LogP contribution in [-0.2, 0) is 25.5 Å². The maximum absolute atomic E-state index is 13.0. The van der Waals surface area contributed by atoms with Crippen molar-refractivity contribution < 1.29 is 22.1 Å². The van der Waals surface area contributed by atoms with Gasteiger partial charge >= 0.3 is 0 Å². The first-order chi connectivity index (χ1) is 10.7. The number of benzene rings is 1. The van der Waals surface area contributed by atoms with Crippen LogP contribution in [0.5, 0.6) is 5.75 Å². The van der Waals surface area contributed by atoms with E-state index in [1.54, 1.807) is 7.11 Å². The summed E-state index contributed by atoms with van der Waals surface area (Å²) in [7, 11) is -1.96. The topological polar surface area (TPSA) is 69.7 Å². The van der Waals surface area contributed by atoms with Crippen LogP contribution in [0.25, 0.3) is 0 Å². The first kappa shape index (κ1) is 16.5. The molecule has 5 nitrogen and oxygen atoms in total. The third kappa shape index (κ3) is 2.68. The van der Waals surface area contributed by atoms with Crippen LogP contribution in [0.2, 0.25) is 0 Å². The van der Waals surface area contributed by atoms with Gasteiger partial charge in [-0.3, -0.25) is 8.98 Å². The first-order valence-corrected chi connectivity index (χ1v) is 9.57. The Kier molecular flexibility index (Phi) is 3.80. The summed E-state index contributed by atoms with van der Waals surface area (Å²) >= 11 is 0. The van der Waals surface area contributed by atoms with Crippen LogP contribution >= 0.6 is 0 Å². The summed E-state index contributed by atoms with van der Waals surface area (Å²) in [6.07, 6.45) is 2.13. The second-order valence-electron chi connectivity index (χ2n) is 6.90. The van der Waals surface area contributed by atoms with Gasteiger partial charge in [0.15, 0.2) is 0 Å². The lowest BCUT2D eigenvalue weighted by atomic mass is 9.58. The van der Waals surface area contributed by atoms with Gasteiger partial charge in [0, 0.05) is 5.92 Å². The number of hydrogen-bond acceptors (Lipinski definition) is 5. The molecule has 0 aliphatic heterocycles. The Morgan fingerprint density at radius 1 is 1.26 bits per heavy atom. The van der Waals surface area contributed by atoms with Gasteiger partial charge in [0.2, 0.25) is 0 Å². The predicted octanol–water partition coefficient (Wildman–Crippen LogP) is 2.36. The van der Waals surface area contributed by atoms with E-state index in [1.165, 1.54) is 0 Å². The second-order valence-corrected chi connectivity index (χ2v) is 8.50. The molecule has 0 unspecified atom stereocenters. The molecule has 1 aromatic rings. The molecule has 0 heterocycles. The molecule has 0 amide bonds. The van der Waals surface area contributed by atoms with E-state index in [0.29, 0.717) is 19.3 Å². The monoisotopic (exact) mass is 338 g/mol. The molecule has 0 N–H and O–H groups in total. The summed E-state index contributed by atoms with van der Waals surface area (Å²) in [5.41, 5.74) is 2.34. The van der Waals surface area contributed by atoms with Crippen LogP contribution < -0.4 is 4.74 Å². The zero-order valence-electron chi connectivity index (χ0n) is 13.9. The van der Waals surface area contributed by atoms with E-state index in [-0.39, 0.29) is 11.7 Å². The molecule has 1 fully saturated rings. The number of Topliss-reactive ketones (excluding diaryl/α,β-unsaturated/α-hetero) is 1. The molecular weight excluding hydrogens is 316 g/mol. The standard InChI is InChI=1S/C17H22O5S/c1-10-7-11-9-17(2)15(22-23(4,19)20)6-5-12(16(17)18)13(11)8-14(10)21-3/h7-8,12,15H,5-6,9H2,1-4H3/t12-,15+,17-/m0/s1. The summed E-state index contributed by atoms with van der Waals surface area (Å²) in [6.45, 7) is 3.80. The first-order valence-electron chi connectivity index (χ1n) is 7.75. The van der Waals surface area contributed by atoms with Crippen molar-refractivity contribution in [2.45, 2.75) is 45.1 Å². The van der Waals surface area contributed by atoms with Crippen molar-refractivity contribution in [3.63, 3.8) is 0 Å². The van der Waals surface area contributed by atoms with Gasteiger partial charge in [-0.05, 0) is 55.9 Å². The summed E-state index contributed by atoms with van der Waals surface area (Å²) in [4.78, 5) is 13.0. The van der Waals surface area contributed by atoms with Gasteiger partial charge in [-0.1, -0.05) is 6.07 Å². The molecule has 0 aromatic heterocycles. The minimum Gasteiger partial charge on any atom is -0.496 e. The third-order valence-electron chi connectivity index (χ3n) is 5.19. The quantitative estimate of drug-likeness (QED) is 0.791. The van der Waals surface area contributed by atoms with Crippen molar-refractivity contribution in [2.24, 2.45) is 5.41 Å². The van der Waals surface area contributed by atoms with E-state index >= 15 is 0 Å². The van der Waals surface area contributed by atoms with Crippen LogP contribution in [-0.4, -0.2) is 33.7 Å². The van der Waals surface area contributed by atoms with E-state index < -0.39 is 21.6 Å². The van der Waals surface area contributed by atoms with Gasteiger partial charge in [-0.2, -0.15) is 8.42 Å². The molecule has 23 heavy (non-hydrogen) atoms. The number of aryl methyl sites for hydroxylation is 1. The Labute approximate surface area is 137 Å². The molecule has 2 aliphatic carbocycles. The number of hydrogen-bond donors (Lipinski definition) is 0. The molecule has 6 heteroatoms. The van der Waals surface area contributed by atoms with E-state index in [2.05, 4.69) is 6.07 Å². The highest BCUT2D eigenvalue weighted by atomic mass is 32.2. The number of ketones is 1.